The third kappa shape index (κ3) is 7.22. The molecule has 1 aliphatic rings. The van der Waals surface area contributed by atoms with Crippen LogP contribution in [-0.2, 0) is 26.2 Å². The number of carbonyl (C=O) groups is 2. The summed E-state index contributed by atoms with van der Waals surface area (Å²) < 4.78 is 66.2. The van der Waals surface area contributed by atoms with Crippen LogP contribution in [0, 0.1) is 17.5 Å². The number of nitrogens with one attached hydrogen (secondary N) is 1. The van der Waals surface area contributed by atoms with Gasteiger partial charge in [-0.2, -0.15) is 0 Å². The Morgan fingerprint density at radius 2 is 1.64 bits per heavy atom. The maximum absolute atomic E-state index is 13.8. The molecule has 196 valence electrons. The van der Waals surface area contributed by atoms with E-state index in [4.69, 9.17) is 0 Å². The van der Waals surface area contributed by atoms with E-state index >= 15 is 0 Å². The predicted octanol–water partition coefficient (Wildman–Crippen LogP) is 3.74. The van der Waals surface area contributed by atoms with Gasteiger partial charge in [0, 0.05) is 18.7 Å². The summed E-state index contributed by atoms with van der Waals surface area (Å²) in [7, 11) is -4.08. The molecule has 1 fully saturated rings. The molecule has 1 N–H and O–H groups in total. The van der Waals surface area contributed by atoms with Crippen LogP contribution in [0.5, 0.6) is 0 Å². The Bertz CT molecular complexity index is 1190. The zero-order valence-corrected chi connectivity index (χ0v) is 21.0. The van der Waals surface area contributed by atoms with Crippen molar-refractivity contribution in [2.24, 2.45) is 0 Å². The average Bonchev–Trinajstić information content (AvgIpc) is 2.83. The Hall–Kier alpha value is -3.08. The molecule has 0 radical (unpaired) electrons. The molecule has 2 aromatic rings. The van der Waals surface area contributed by atoms with Gasteiger partial charge in [-0.15, -0.1) is 0 Å². The summed E-state index contributed by atoms with van der Waals surface area (Å²) in [6, 6.07) is 6.88. The second kappa shape index (κ2) is 11.8. The van der Waals surface area contributed by atoms with Gasteiger partial charge >= 0.3 is 0 Å². The van der Waals surface area contributed by atoms with Crippen molar-refractivity contribution in [2.45, 2.75) is 57.7 Å². The minimum Gasteiger partial charge on any atom is -0.352 e. The summed E-state index contributed by atoms with van der Waals surface area (Å²) in [6.45, 7) is 0.696. The van der Waals surface area contributed by atoms with Crippen LogP contribution in [0.1, 0.15) is 44.6 Å². The van der Waals surface area contributed by atoms with Crippen LogP contribution in [-0.4, -0.2) is 50.0 Å². The molecule has 2 aromatic carbocycles. The molecule has 0 spiro atoms. The molecule has 0 aliphatic heterocycles. The summed E-state index contributed by atoms with van der Waals surface area (Å²) >= 11 is 0. The van der Waals surface area contributed by atoms with Crippen LogP contribution >= 0.6 is 0 Å². The van der Waals surface area contributed by atoms with E-state index in [0.29, 0.717) is 15.9 Å². The lowest BCUT2D eigenvalue weighted by molar-refractivity contribution is -0.139. The van der Waals surface area contributed by atoms with Crippen molar-refractivity contribution in [3.05, 3.63) is 65.5 Å². The Morgan fingerprint density at radius 3 is 2.22 bits per heavy atom. The first kappa shape index (κ1) is 27.5. The van der Waals surface area contributed by atoms with E-state index < -0.39 is 51.9 Å². The Labute approximate surface area is 209 Å². The molecule has 11 heteroatoms. The van der Waals surface area contributed by atoms with E-state index in [2.05, 4.69) is 5.32 Å². The van der Waals surface area contributed by atoms with Gasteiger partial charge in [-0.3, -0.25) is 13.9 Å². The van der Waals surface area contributed by atoms with Crippen molar-refractivity contribution in [3.63, 3.8) is 0 Å². The van der Waals surface area contributed by atoms with Crippen molar-refractivity contribution in [3.8, 4) is 0 Å². The molecule has 0 bridgehead atoms. The number of hydrogen-bond donors (Lipinski definition) is 1. The summed E-state index contributed by atoms with van der Waals surface area (Å²) in [5.74, 6) is -4.03. The fourth-order valence-electron chi connectivity index (χ4n) is 4.19. The van der Waals surface area contributed by atoms with Crippen LogP contribution in [0.3, 0.4) is 0 Å². The second-order valence-corrected chi connectivity index (χ2v) is 10.9. The van der Waals surface area contributed by atoms with Crippen LogP contribution in [0.2, 0.25) is 0 Å². The molecule has 0 saturated heterocycles. The molecule has 36 heavy (non-hydrogen) atoms. The molecule has 1 atom stereocenters. The predicted molar refractivity (Wildman–Crippen MR) is 130 cm³/mol. The lowest BCUT2D eigenvalue weighted by atomic mass is 9.95. The first-order valence-corrected chi connectivity index (χ1v) is 13.6. The lowest BCUT2D eigenvalue weighted by Crippen LogP contribution is -2.53. The molecule has 1 aliphatic carbocycles. The maximum Gasteiger partial charge on any atom is 0.244 e. The van der Waals surface area contributed by atoms with Crippen molar-refractivity contribution in [1.82, 2.24) is 10.2 Å². The molecule has 7 nitrogen and oxygen atoms in total. The normalized spacial score (nSPS) is 15.2. The van der Waals surface area contributed by atoms with Gasteiger partial charge in [-0.25, -0.2) is 21.6 Å². The highest BCUT2D eigenvalue weighted by Crippen LogP contribution is 2.22. The summed E-state index contributed by atoms with van der Waals surface area (Å²) in [5, 5.41) is 2.96. The molecule has 1 saturated carbocycles. The van der Waals surface area contributed by atoms with Crippen LogP contribution in [0.4, 0.5) is 18.9 Å². The molecule has 3 rings (SSSR count). The van der Waals surface area contributed by atoms with Crippen molar-refractivity contribution in [2.75, 3.05) is 17.1 Å². The second-order valence-electron chi connectivity index (χ2n) is 9.04. The van der Waals surface area contributed by atoms with Crippen molar-refractivity contribution in [1.29, 1.82) is 0 Å². The molecule has 0 heterocycles. The van der Waals surface area contributed by atoms with E-state index in [1.54, 1.807) is 0 Å². The quantitative estimate of drug-likeness (QED) is 0.541. The van der Waals surface area contributed by atoms with Crippen LogP contribution in [0.15, 0.2) is 42.5 Å². The van der Waals surface area contributed by atoms with Gasteiger partial charge in [0.15, 0.2) is 11.6 Å². The van der Waals surface area contributed by atoms with Gasteiger partial charge in [0.2, 0.25) is 21.8 Å². The van der Waals surface area contributed by atoms with E-state index in [9.17, 15) is 31.2 Å². The maximum atomic E-state index is 13.8. The average molecular weight is 526 g/mol. The van der Waals surface area contributed by atoms with Crippen LogP contribution < -0.4 is 9.62 Å². The highest BCUT2D eigenvalue weighted by molar-refractivity contribution is 7.92. The number of anilines is 1. The van der Waals surface area contributed by atoms with Gasteiger partial charge in [0.05, 0.1) is 11.9 Å². The number of rotatable bonds is 9. The number of nitrogens with zero attached hydrogens (tertiary/aromatic N) is 2. The van der Waals surface area contributed by atoms with Crippen molar-refractivity contribution >= 4 is 27.5 Å². The van der Waals surface area contributed by atoms with Gasteiger partial charge in [-0.1, -0.05) is 31.4 Å². The smallest absolute Gasteiger partial charge is 0.244 e. The van der Waals surface area contributed by atoms with E-state index in [1.165, 1.54) is 36.1 Å². The third-order valence-electron chi connectivity index (χ3n) is 6.26. The van der Waals surface area contributed by atoms with Gasteiger partial charge in [0.25, 0.3) is 0 Å². The number of halogens is 3. The largest absolute Gasteiger partial charge is 0.352 e. The van der Waals surface area contributed by atoms with E-state index in [0.717, 1.165) is 50.5 Å². The summed E-state index contributed by atoms with van der Waals surface area (Å²) in [4.78, 5) is 27.7. The van der Waals surface area contributed by atoms with Gasteiger partial charge in [-0.05, 0) is 49.6 Å². The minimum atomic E-state index is -4.08. The zero-order valence-electron chi connectivity index (χ0n) is 20.2. The molecule has 0 aromatic heterocycles. The molecular formula is C25H30F3N3O4S. The molecular weight excluding hydrogens is 495 g/mol. The SMILES string of the molecule is C[C@H](C(=O)NC1CCCCC1)N(Cc1ccc(F)cc1)C(=O)CN(c1ccc(F)c(F)c1)S(C)(=O)=O. The third-order valence-corrected chi connectivity index (χ3v) is 7.40. The molecule has 0 unspecified atom stereocenters. The monoisotopic (exact) mass is 525 g/mol. The van der Waals surface area contributed by atoms with Gasteiger partial charge < -0.3 is 10.2 Å². The van der Waals surface area contributed by atoms with Crippen LogP contribution in [0.25, 0.3) is 0 Å². The zero-order chi connectivity index (χ0) is 26.5. The number of benzene rings is 2. The number of sulfonamides is 1. The summed E-state index contributed by atoms with van der Waals surface area (Å²) in [5.41, 5.74) is 0.298. The Morgan fingerprint density at radius 1 is 1.00 bits per heavy atom. The Balaban J connectivity index is 1.87. The highest BCUT2D eigenvalue weighted by Gasteiger charge is 2.31. The number of carbonyl (C=O) groups excluding carboxylic acids is 2. The van der Waals surface area contributed by atoms with E-state index in [-0.39, 0.29) is 18.3 Å². The standard InChI is InChI=1S/C25H30F3N3O4S/c1-17(25(33)29-20-6-4-3-5-7-20)30(15-18-8-10-19(26)11-9-18)24(32)16-31(36(2,34)35)21-12-13-22(27)23(28)14-21/h8-14,17,20H,3-7,15-16H2,1-2H3,(H,29,33)/t17-/m1/s1. The lowest BCUT2D eigenvalue weighted by Gasteiger charge is -2.33. The Kier molecular flexibility index (Phi) is 8.99. The topological polar surface area (TPSA) is 86.8 Å². The fraction of sp³-hybridized carbons (Fsp3) is 0.440. The number of amides is 2. The van der Waals surface area contributed by atoms with E-state index in [1.807, 2.05) is 0 Å². The molecule has 2 amide bonds. The van der Waals surface area contributed by atoms with Crippen molar-refractivity contribution < 1.29 is 31.2 Å². The first-order chi connectivity index (χ1) is 17.0. The van der Waals surface area contributed by atoms with Gasteiger partial charge in [0.1, 0.15) is 18.4 Å². The summed E-state index contributed by atoms with van der Waals surface area (Å²) in [6.07, 6.45) is 5.60. The first-order valence-electron chi connectivity index (χ1n) is 11.7. The number of hydrogen-bond acceptors (Lipinski definition) is 4. The highest BCUT2D eigenvalue weighted by atomic mass is 32.2. The minimum absolute atomic E-state index is 0.00817. The fourth-order valence-corrected chi connectivity index (χ4v) is 5.03.